The fourth-order valence-corrected chi connectivity index (χ4v) is 4.61. The molecule has 0 aliphatic carbocycles. The zero-order valence-electron chi connectivity index (χ0n) is 21.7. The molecule has 192 valence electrons. The van der Waals surface area contributed by atoms with Gasteiger partial charge in [0.05, 0.1) is 5.52 Å². The zero-order chi connectivity index (χ0) is 26.1. The molecule has 37 heavy (non-hydrogen) atoms. The number of fused-ring (bicyclic) bond motifs is 1. The molecule has 1 aliphatic rings. The number of anilines is 1. The van der Waals surface area contributed by atoms with E-state index < -0.39 is 5.69 Å². The lowest BCUT2D eigenvalue weighted by Gasteiger charge is -2.32. The van der Waals surface area contributed by atoms with Gasteiger partial charge in [-0.2, -0.15) is 4.98 Å². The molecule has 9 nitrogen and oxygen atoms in total. The molecule has 9 heteroatoms. The molecule has 0 unspecified atom stereocenters. The Hall–Kier alpha value is -3.95. The molecule has 1 saturated heterocycles. The van der Waals surface area contributed by atoms with Crippen LogP contribution >= 0.6 is 0 Å². The van der Waals surface area contributed by atoms with Gasteiger partial charge in [0.1, 0.15) is 11.3 Å². The Kier molecular flexibility index (Phi) is 6.82. The van der Waals surface area contributed by atoms with Gasteiger partial charge < -0.3 is 24.5 Å². The number of nitrogens with one attached hydrogen (secondary N) is 2. The minimum atomic E-state index is -0.494. The average Bonchev–Trinajstić information content (AvgIpc) is 3.23. The number of rotatable bonds is 6. The van der Waals surface area contributed by atoms with Gasteiger partial charge in [0.15, 0.2) is 0 Å². The Morgan fingerprint density at radius 3 is 2.57 bits per heavy atom. The molecule has 0 bridgehead atoms. The first-order valence-corrected chi connectivity index (χ1v) is 12.4. The van der Waals surface area contributed by atoms with Crippen molar-refractivity contribution in [3.8, 4) is 11.6 Å². The van der Waals surface area contributed by atoms with Gasteiger partial charge >= 0.3 is 5.69 Å². The van der Waals surface area contributed by atoms with Crippen molar-refractivity contribution in [1.29, 1.82) is 0 Å². The van der Waals surface area contributed by atoms with Crippen molar-refractivity contribution in [2.45, 2.75) is 20.4 Å². The van der Waals surface area contributed by atoms with E-state index in [0.29, 0.717) is 22.3 Å². The highest BCUT2D eigenvalue weighted by atomic mass is 16.5. The van der Waals surface area contributed by atoms with Crippen LogP contribution in [0.4, 0.5) is 5.69 Å². The standard InChI is InChI=1S/C28H32N6O3/c1-18-5-6-20(16-24(18)37-27-25-23(9-10-33(25)4)30-28(36)31-27)26(35)29-22-8-7-21(19(2)15-22)17-34-13-11-32(3)12-14-34/h5-10,15-16H,11-14,17H2,1-4H3,(H,29,35)(H,30,31,36). The maximum atomic E-state index is 13.1. The summed E-state index contributed by atoms with van der Waals surface area (Å²) >= 11 is 0. The van der Waals surface area contributed by atoms with Crippen LogP contribution in [0.2, 0.25) is 0 Å². The maximum Gasteiger partial charge on any atom is 0.348 e. The van der Waals surface area contributed by atoms with Gasteiger partial charge in [-0.05, 0) is 67.9 Å². The fourth-order valence-electron chi connectivity index (χ4n) is 4.61. The van der Waals surface area contributed by atoms with E-state index in [1.807, 2.05) is 42.9 Å². The second kappa shape index (κ2) is 10.2. The third-order valence-electron chi connectivity index (χ3n) is 6.97. The van der Waals surface area contributed by atoms with Gasteiger partial charge in [0.25, 0.3) is 5.91 Å². The molecule has 0 atom stereocenters. The van der Waals surface area contributed by atoms with Crippen LogP contribution in [0.25, 0.3) is 11.0 Å². The SMILES string of the molecule is Cc1cc(NC(=O)c2ccc(C)c(Oc3nc(=O)[nH]c4ccn(C)c34)c2)ccc1CN1CCN(C)CC1. The highest BCUT2D eigenvalue weighted by Gasteiger charge is 2.17. The summed E-state index contributed by atoms with van der Waals surface area (Å²) in [7, 11) is 4.01. The first-order valence-electron chi connectivity index (χ1n) is 12.4. The van der Waals surface area contributed by atoms with Gasteiger partial charge in [0.2, 0.25) is 5.88 Å². The number of carbonyl (C=O) groups is 1. The van der Waals surface area contributed by atoms with E-state index in [2.05, 4.69) is 45.1 Å². The topological polar surface area (TPSA) is 95.5 Å². The van der Waals surface area contributed by atoms with E-state index in [1.54, 1.807) is 18.2 Å². The van der Waals surface area contributed by atoms with Crippen molar-refractivity contribution in [3.05, 3.63) is 81.4 Å². The summed E-state index contributed by atoms with van der Waals surface area (Å²) in [6.45, 7) is 9.18. The summed E-state index contributed by atoms with van der Waals surface area (Å²) in [6, 6.07) is 13.1. The highest BCUT2D eigenvalue weighted by Crippen LogP contribution is 2.29. The predicted octanol–water partition coefficient (Wildman–Crippen LogP) is 3.67. The molecule has 0 spiro atoms. The number of hydrogen-bond acceptors (Lipinski definition) is 6. The second-order valence-corrected chi connectivity index (χ2v) is 9.79. The van der Waals surface area contributed by atoms with Gasteiger partial charge in [-0.3, -0.25) is 9.69 Å². The number of ether oxygens (including phenoxy) is 1. The molecule has 1 amide bonds. The maximum absolute atomic E-state index is 13.1. The largest absolute Gasteiger partial charge is 0.437 e. The van der Waals surface area contributed by atoms with Crippen LogP contribution in [-0.2, 0) is 13.6 Å². The molecule has 4 aromatic rings. The Bertz CT molecular complexity index is 1510. The van der Waals surface area contributed by atoms with Crippen molar-refractivity contribution in [2.75, 3.05) is 38.5 Å². The number of hydrogen-bond donors (Lipinski definition) is 2. The normalized spacial score (nSPS) is 14.7. The van der Waals surface area contributed by atoms with Crippen LogP contribution < -0.4 is 15.7 Å². The second-order valence-electron chi connectivity index (χ2n) is 9.79. The number of aryl methyl sites for hydroxylation is 3. The lowest BCUT2D eigenvalue weighted by atomic mass is 10.1. The van der Waals surface area contributed by atoms with Crippen LogP contribution in [0.15, 0.2) is 53.5 Å². The number of aromatic amines is 1. The zero-order valence-corrected chi connectivity index (χ0v) is 21.7. The lowest BCUT2D eigenvalue weighted by molar-refractivity contribution is 0.102. The van der Waals surface area contributed by atoms with Crippen LogP contribution in [0.5, 0.6) is 11.6 Å². The fraction of sp³-hybridized carbons (Fsp3) is 0.321. The van der Waals surface area contributed by atoms with Crippen LogP contribution in [-0.4, -0.2) is 63.5 Å². The number of likely N-dealkylation sites (N-methyl/N-ethyl adjacent to an activating group) is 1. The summed E-state index contributed by atoms with van der Waals surface area (Å²) in [6.07, 6.45) is 1.82. The molecule has 0 saturated carbocycles. The number of benzene rings is 2. The molecular formula is C28H32N6O3. The summed E-state index contributed by atoms with van der Waals surface area (Å²) in [5.74, 6) is 0.421. The number of piperazine rings is 1. The molecule has 3 heterocycles. The monoisotopic (exact) mass is 500 g/mol. The molecule has 5 rings (SSSR count). The Morgan fingerprint density at radius 1 is 1.03 bits per heavy atom. The molecule has 1 fully saturated rings. The van der Waals surface area contributed by atoms with Crippen molar-refractivity contribution in [1.82, 2.24) is 24.3 Å². The summed E-state index contributed by atoms with van der Waals surface area (Å²) < 4.78 is 7.89. The minimum absolute atomic E-state index is 0.193. The van der Waals surface area contributed by atoms with Crippen LogP contribution in [0.3, 0.4) is 0 Å². The van der Waals surface area contributed by atoms with Gasteiger partial charge in [-0.1, -0.05) is 12.1 Å². The summed E-state index contributed by atoms with van der Waals surface area (Å²) in [5.41, 5.74) is 5.25. The van der Waals surface area contributed by atoms with Crippen molar-refractivity contribution in [2.24, 2.45) is 7.05 Å². The first kappa shape index (κ1) is 24.7. The average molecular weight is 501 g/mol. The van der Waals surface area contributed by atoms with E-state index in [1.165, 1.54) is 5.56 Å². The van der Waals surface area contributed by atoms with Gasteiger partial charge in [-0.25, -0.2) is 4.79 Å². The summed E-state index contributed by atoms with van der Waals surface area (Å²) in [5, 5.41) is 3.00. The number of H-pyrrole nitrogens is 1. The van der Waals surface area contributed by atoms with Crippen molar-refractivity contribution in [3.63, 3.8) is 0 Å². The van der Waals surface area contributed by atoms with Crippen molar-refractivity contribution >= 4 is 22.6 Å². The van der Waals surface area contributed by atoms with E-state index >= 15 is 0 Å². The van der Waals surface area contributed by atoms with E-state index in [9.17, 15) is 9.59 Å². The predicted molar refractivity (Wildman–Crippen MR) is 144 cm³/mol. The van der Waals surface area contributed by atoms with Gasteiger partial charge in [0, 0.05) is 57.2 Å². The third kappa shape index (κ3) is 5.42. The quantitative estimate of drug-likeness (QED) is 0.420. The summed E-state index contributed by atoms with van der Waals surface area (Å²) in [4.78, 5) is 36.7. The molecule has 0 radical (unpaired) electrons. The molecule has 2 N–H and O–H groups in total. The molecular weight excluding hydrogens is 468 g/mol. The Labute approximate surface area is 215 Å². The Morgan fingerprint density at radius 2 is 1.81 bits per heavy atom. The van der Waals surface area contributed by atoms with Gasteiger partial charge in [-0.15, -0.1) is 0 Å². The van der Waals surface area contributed by atoms with E-state index in [0.717, 1.165) is 49.5 Å². The third-order valence-corrected chi connectivity index (χ3v) is 6.97. The highest BCUT2D eigenvalue weighted by molar-refractivity contribution is 6.04. The first-order chi connectivity index (χ1) is 17.8. The number of amides is 1. The Balaban J connectivity index is 1.31. The smallest absolute Gasteiger partial charge is 0.348 e. The number of aromatic nitrogens is 3. The van der Waals surface area contributed by atoms with Crippen LogP contribution in [0, 0.1) is 13.8 Å². The van der Waals surface area contributed by atoms with Crippen molar-refractivity contribution < 1.29 is 9.53 Å². The van der Waals surface area contributed by atoms with E-state index in [-0.39, 0.29) is 11.8 Å². The van der Waals surface area contributed by atoms with Crippen LogP contribution in [0.1, 0.15) is 27.0 Å². The molecule has 2 aromatic heterocycles. The lowest BCUT2D eigenvalue weighted by Crippen LogP contribution is -2.43. The molecule has 2 aromatic carbocycles. The minimum Gasteiger partial charge on any atom is -0.437 e. The number of nitrogens with zero attached hydrogens (tertiary/aromatic N) is 4. The number of carbonyl (C=O) groups excluding carboxylic acids is 1. The molecule has 1 aliphatic heterocycles. The van der Waals surface area contributed by atoms with E-state index in [4.69, 9.17) is 4.74 Å².